The molecule has 5 rings (SSSR count). The van der Waals surface area contributed by atoms with E-state index >= 15 is 0 Å². The molecule has 1 aliphatic heterocycles. The average molecular weight is 376 g/mol. The maximum Gasteiger partial charge on any atom is 0.159 e. The molecule has 0 bridgehead atoms. The fourth-order valence-corrected chi connectivity index (χ4v) is 4.32. The van der Waals surface area contributed by atoms with E-state index in [9.17, 15) is 0 Å². The SMILES string of the molecule is CCn1ncc2c(Nc3cccnc3)c(C3=NOC4(CCCCC4)C3)cnc21. The lowest BCUT2D eigenvalue weighted by molar-refractivity contribution is -0.0449. The van der Waals surface area contributed by atoms with Crippen LogP contribution in [-0.2, 0) is 11.4 Å². The third-order valence-electron chi connectivity index (χ3n) is 5.81. The molecule has 1 spiro atoms. The van der Waals surface area contributed by atoms with Crippen LogP contribution in [0.4, 0.5) is 11.4 Å². The molecule has 0 atom stereocenters. The molecular weight excluding hydrogens is 352 g/mol. The average Bonchev–Trinajstić information content (AvgIpc) is 3.34. The Kier molecular flexibility index (Phi) is 4.22. The summed E-state index contributed by atoms with van der Waals surface area (Å²) in [6.45, 7) is 2.84. The van der Waals surface area contributed by atoms with Gasteiger partial charge >= 0.3 is 0 Å². The fourth-order valence-electron chi connectivity index (χ4n) is 4.32. The number of hydrogen-bond acceptors (Lipinski definition) is 6. The largest absolute Gasteiger partial charge is 0.389 e. The molecule has 1 fully saturated rings. The van der Waals surface area contributed by atoms with Crippen LogP contribution in [0.1, 0.15) is 51.0 Å². The highest BCUT2D eigenvalue weighted by atomic mass is 16.7. The maximum atomic E-state index is 5.99. The topological polar surface area (TPSA) is 77.2 Å². The number of aromatic nitrogens is 4. The molecule has 0 amide bonds. The molecule has 0 unspecified atom stereocenters. The van der Waals surface area contributed by atoms with Gasteiger partial charge in [0.15, 0.2) is 5.65 Å². The fraction of sp³-hybridized carbons (Fsp3) is 0.429. The molecule has 144 valence electrons. The van der Waals surface area contributed by atoms with Gasteiger partial charge in [-0.05, 0) is 44.7 Å². The van der Waals surface area contributed by atoms with Crippen LogP contribution in [0.5, 0.6) is 0 Å². The number of aryl methyl sites for hydroxylation is 1. The second-order valence-corrected chi connectivity index (χ2v) is 7.66. The summed E-state index contributed by atoms with van der Waals surface area (Å²) in [6, 6.07) is 3.92. The molecule has 1 aliphatic carbocycles. The zero-order valence-corrected chi connectivity index (χ0v) is 16.1. The van der Waals surface area contributed by atoms with E-state index in [4.69, 9.17) is 9.82 Å². The zero-order valence-electron chi connectivity index (χ0n) is 16.1. The highest BCUT2D eigenvalue weighted by molar-refractivity contribution is 6.11. The van der Waals surface area contributed by atoms with Gasteiger partial charge in [-0.25, -0.2) is 9.67 Å². The minimum atomic E-state index is -0.123. The molecule has 28 heavy (non-hydrogen) atoms. The number of fused-ring (bicyclic) bond motifs is 1. The number of oxime groups is 1. The third-order valence-corrected chi connectivity index (χ3v) is 5.81. The van der Waals surface area contributed by atoms with Crippen LogP contribution in [0.2, 0.25) is 0 Å². The molecule has 3 aromatic rings. The van der Waals surface area contributed by atoms with E-state index in [-0.39, 0.29) is 5.60 Å². The van der Waals surface area contributed by atoms with Crippen molar-refractivity contribution in [1.29, 1.82) is 0 Å². The van der Waals surface area contributed by atoms with Crippen molar-refractivity contribution >= 4 is 28.1 Å². The third kappa shape index (κ3) is 2.91. The van der Waals surface area contributed by atoms with Crippen LogP contribution >= 0.6 is 0 Å². The van der Waals surface area contributed by atoms with E-state index < -0.39 is 0 Å². The van der Waals surface area contributed by atoms with Gasteiger partial charge in [0.25, 0.3) is 0 Å². The van der Waals surface area contributed by atoms with Gasteiger partial charge in [0.05, 0.1) is 34.9 Å². The zero-order chi connectivity index (χ0) is 19.0. The van der Waals surface area contributed by atoms with Gasteiger partial charge in [0.2, 0.25) is 0 Å². The minimum Gasteiger partial charge on any atom is -0.389 e. The van der Waals surface area contributed by atoms with Crippen molar-refractivity contribution in [2.45, 2.75) is 57.6 Å². The molecule has 7 heteroatoms. The van der Waals surface area contributed by atoms with Crippen molar-refractivity contribution < 1.29 is 4.84 Å². The molecule has 1 N–H and O–H groups in total. The minimum absolute atomic E-state index is 0.123. The summed E-state index contributed by atoms with van der Waals surface area (Å²) in [5.74, 6) is 0. The van der Waals surface area contributed by atoms with Gasteiger partial charge in [-0.15, -0.1) is 0 Å². The highest BCUT2D eigenvalue weighted by Gasteiger charge is 2.41. The van der Waals surface area contributed by atoms with Crippen LogP contribution in [0.25, 0.3) is 11.0 Å². The molecule has 2 aliphatic rings. The lowest BCUT2D eigenvalue weighted by Crippen LogP contribution is -2.31. The predicted octanol–water partition coefficient (Wildman–Crippen LogP) is 4.42. The van der Waals surface area contributed by atoms with Gasteiger partial charge in [0.1, 0.15) is 5.60 Å². The van der Waals surface area contributed by atoms with Crippen molar-refractivity contribution in [2.75, 3.05) is 5.32 Å². The second-order valence-electron chi connectivity index (χ2n) is 7.66. The number of rotatable bonds is 4. The van der Waals surface area contributed by atoms with Gasteiger partial charge < -0.3 is 10.2 Å². The number of nitrogens with zero attached hydrogens (tertiary/aromatic N) is 5. The second kappa shape index (κ2) is 6.89. The molecule has 0 aromatic carbocycles. The van der Waals surface area contributed by atoms with E-state index in [2.05, 4.69) is 27.5 Å². The normalized spacial score (nSPS) is 18.2. The van der Waals surface area contributed by atoms with E-state index in [1.54, 1.807) is 6.20 Å². The molecule has 0 radical (unpaired) electrons. The number of nitrogens with one attached hydrogen (secondary N) is 1. The molecule has 7 nitrogen and oxygen atoms in total. The van der Waals surface area contributed by atoms with Gasteiger partial charge in [-0.2, -0.15) is 5.10 Å². The molecular formula is C21H24N6O. The Morgan fingerprint density at radius 3 is 2.86 bits per heavy atom. The Hall–Kier alpha value is -2.96. The number of anilines is 2. The summed E-state index contributed by atoms with van der Waals surface area (Å²) in [7, 11) is 0. The Balaban J connectivity index is 1.57. The van der Waals surface area contributed by atoms with E-state index in [0.717, 1.165) is 59.5 Å². The van der Waals surface area contributed by atoms with Crippen molar-refractivity contribution in [3.8, 4) is 0 Å². The summed E-state index contributed by atoms with van der Waals surface area (Å²) in [5.41, 5.74) is 4.58. The lowest BCUT2D eigenvalue weighted by Gasteiger charge is -2.30. The molecule has 3 aromatic heterocycles. The summed E-state index contributed by atoms with van der Waals surface area (Å²) in [6.07, 6.45) is 14.1. The van der Waals surface area contributed by atoms with E-state index in [0.29, 0.717) is 0 Å². The predicted molar refractivity (Wildman–Crippen MR) is 109 cm³/mol. The van der Waals surface area contributed by atoms with Gasteiger partial charge in [0, 0.05) is 30.9 Å². The Bertz CT molecular complexity index is 1020. The van der Waals surface area contributed by atoms with Crippen LogP contribution < -0.4 is 5.32 Å². The summed E-state index contributed by atoms with van der Waals surface area (Å²) in [5, 5.41) is 13.5. The van der Waals surface area contributed by atoms with Crippen molar-refractivity contribution in [3.05, 3.63) is 42.5 Å². The molecule has 0 saturated heterocycles. The van der Waals surface area contributed by atoms with Gasteiger partial charge in [-0.1, -0.05) is 11.6 Å². The first kappa shape index (κ1) is 17.2. The first-order valence-electron chi connectivity index (χ1n) is 10.0. The number of hydrogen-bond donors (Lipinski definition) is 1. The molecule has 4 heterocycles. The highest BCUT2D eigenvalue weighted by Crippen LogP contribution is 2.41. The van der Waals surface area contributed by atoms with Crippen molar-refractivity contribution in [1.82, 2.24) is 19.7 Å². The van der Waals surface area contributed by atoms with Gasteiger partial charge in [-0.3, -0.25) is 4.98 Å². The first-order chi connectivity index (χ1) is 13.8. The Labute approximate surface area is 163 Å². The van der Waals surface area contributed by atoms with E-state index in [1.807, 2.05) is 35.4 Å². The Morgan fingerprint density at radius 1 is 1.18 bits per heavy atom. The van der Waals surface area contributed by atoms with Crippen LogP contribution in [0, 0.1) is 0 Å². The monoisotopic (exact) mass is 376 g/mol. The first-order valence-corrected chi connectivity index (χ1v) is 10.0. The van der Waals surface area contributed by atoms with E-state index in [1.165, 1.54) is 19.3 Å². The van der Waals surface area contributed by atoms with Crippen LogP contribution in [0.15, 0.2) is 42.1 Å². The van der Waals surface area contributed by atoms with Crippen molar-refractivity contribution in [2.24, 2.45) is 5.16 Å². The standard InChI is InChI=1S/C21H24N6O/c1-2-27-20-17(14-24-27)19(25-15-7-6-10-22-12-15)16(13-23-20)18-11-21(28-26-18)8-4-3-5-9-21/h6-7,10,12-14H,2-5,8-9,11H2,1H3,(H,23,25). The summed E-state index contributed by atoms with van der Waals surface area (Å²) < 4.78 is 1.91. The van der Waals surface area contributed by atoms with Crippen LogP contribution in [-0.4, -0.2) is 31.1 Å². The summed E-state index contributed by atoms with van der Waals surface area (Å²) >= 11 is 0. The quantitative estimate of drug-likeness (QED) is 0.729. The Morgan fingerprint density at radius 2 is 2.07 bits per heavy atom. The number of pyridine rings is 2. The smallest absolute Gasteiger partial charge is 0.159 e. The van der Waals surface area contributed by atoms with Crippen LogP contribution in [0.3, 0.4) is 0 Å². The summed E-state index contributed by atoms with van der Waals surface area (Å²) in [4.78, 5) is 14.9. The maximum absolute atomic E-state index is 5.99. The lowest BCUT2D eigenvalue weighted by atomic mass is 9.81. The van der Waals surface area contributed by atoms with Crippen molar-refractivity contribution in [3.63, 3.8) is 0 Å². The molecule has 1 saturated carbocycles.